The standard InChI is InChI=1S/C11H17N3O3/c1-4-14(8(2)7-17-3)10-6-12-5-9(13-10)11(15)16/h5-6,8H,4,7H2,1-3H3,(H,15,16). The zero-order chi connectivity index (χ0) is 12.8. The number of hydrogen-bond donors (Lipinski definition) is 1. The predicted octanol–water partition coefficient (Wildman–Crippen LogP) is 1.04. The van der Waals surface area contributed by atoms with E-state index in [1.807, 2.05) is 18.7 Å². The Balaban J connectivity index is 2.95. The molecule has 0 saturated heterocycles. The van der Waals surface area contributed by atoms with Crippen LogP contribution in [0.1, 0.15) is 24.3 Å². The third-order valence-corrected chi connectivity index (χ3v) is 2.42. The molecule has 1 aromatic heterocycles. The van der Waals surface area contributed by atoms with E-state index in [4.69, 9.17) is 9.84 Å². The van der Waals surface area contributed by atoms with Crippen molar-refractivity contribution in [3.05, 3.63) is 18.1 Å². The number of nitrogens with zero attached hydrogens (tertiary/aromatic N) is 3. The number of hydrogen-bond acceptors (Lipinski definition) is 5. The lowest BCUT2D eigenvalue weighted by atomic mass is 10.3. The molecule has 0 bridgehead atoms. The van der Waals surface area contributed by atoms with E-state index in [-0.39, 0.29) is 11.7 Å². The monoisotopic (exact) mass is 239 g/mol. The number of carboxylic acids is 1. The van der Waals surface area contributed by atoms with Gasteiger partial charge in [-0.2, -0.15) is 0 Å². The second-order valence-corrected chi connectivity index (χ2v) is 3.66. The number of ether oxygens (including phenoxy) is 1. The van der Waals surface area contributed by atoms with Gasteiger partial charge in [-0.05, 0) is 13.8 Å². The topological polar surface area (TPSA) is 75.6 Å². The molecule has 1 atom stereocenters. The molecule has 0 fully saturated rings. The normalized spacial score (nSPS) is 12.2. The average Bonchev–Trinajstić information content (AvgIpc) is 2.30. The van der Waals surface area contributed by atoms with E-state index in [2.05, 4.69) is 9.97 Å². The molecule has 1 heterocycles. The Morgan fingerprint density at radius 1 is 1.59 bits per heavy atom. The first-order chi connectivity index (χ1) is 8.10. The molecular formula is C11H17N3O3. The summed E-state index contributed by atoms with van der Waals surface area (Å²) < 4.78 is 5.08. The summed E-state index contributed by atoms with van der Waals surface area (Å²) in [5.41, 5.74) is -0.0504. The van der Waals surface area contributed by atoms with Gasteiger partial charge in [0.2, 0.25) is 0 Å². The number of carbonyl (C=O) groups is 1. The molecule has 0 aromatic carbocycles. The van der Waals surface area contributed by atoms with Gasteiger partial charge in [0, 0.05) is 13.7 Å². The number of aromatic carboxylic acids is 1. The van der Waals surface area contributed by atoms with E-state index in [1.165, 1.54) is 6.20 Å². The Bertz CT molecular complexity index is 384. The molecule has 0 spiro atoms. The second-order valence-electron chi connectivity index (χ2n) is 3.66. The third-order valence-electron chi connectivity index (χ3n) is 2.42. The predicted molar refractivity (Wildman–Crippen MR) is 63.3 cm³/mol. The Hall–Kier alpha value is -1.69. The molecule has 6 heteroatoms. The summed E-state index contributed by atoms with van der Waals surface area (Å²) in [6.07, 6.45) is 2.79. The Kier molecular flexibility index (Phi) is 4.84. The van der Waals surface area contributed by atoms with Gasteiger partial charge in [-0.25, -0.2) is 9.78 Å². The van der Waals surface area contributed by atoms with E-state index in [0.717, 1.165) is 0 Å². The smallest absolute Gasteiger partial charge is 0.356 e. The SMILES string of the molecule is CCN(c1cncc(C(=O)O)n1)C(C)COC. The fraction of sp³-hybridized carbons (Fsp3) is 0.545. The van der Waals surface area contributed by atoms with Crippen LogP contribution in [0, 0.1) is 0 Å². The molecule has 0 saturated carbocycles. The maximum atomic E-state index is 10.8. The van der Waals surface area contributed by atoms with Crippen molar-refractivity contribution in [2.45, 2.75) is 19.9 Å². The zero-order valence-corrected chi connectivity index (χ0v) is 10.3. The highest BCUT2D eigenvalue weighted by atomic mass is 16.5. The van der Waals surface area contributed by atoms with Gasteiger partial charge in [0.05, 0.1) is 25.0 Å². The molecule has 0 aliphatic carbocycles. The van der Waals surface area contributed by atoms with Crippen LogP contribution in [0.25, 0.3) is 0 Å². The lowest BCUT2D eigenvalue weighted by molar-refractivity contribution is 0.0690. The molecule has 17 heavy (non-hydrogen) atoms. The van der Waals surface area contributed by atoms with Crippen molar-refractivity contribution in [3.8, 4) is 0 Å². The Morgan fingerprint density at radius 3 is 2.82 bits per heavy atom. The largest absolute Gasteiger partial charge is 0.476 e. The molecule has 1 aromatic rings. The van der Waals surface area contributed by atoms with E-state index < -0.39 is 5.97 Å². The number of anilines is 1. The number of aromatic nitrogens is 2. The molecule has 94 valence electrons. The lowest BCUT2D eigenvalue weighted by Gasteiger charge is -2.28. The summed E-state index contributed by atoms with van der Waals surface area (Å²) in [7, 11) is 1.63. The summed E-state index contributed by atoms with van der Waals surface area (Å²) in [6, 6.07) is 0.114. The highest BCUT2D eigenvalue weighted by Crippen LogP contribution is 2.13. The molecular weight excluding hydrogens is 222 g/mol. The molecule has 1 N–H and O–H groups in total. The van der Waals surface area contributed by atoms with Crippen LogP contribution >= 0.6 is 0 Å². The van der Waals surface area contributed by atoms with Gasteiger partial charge in [0.15, 0.2) is 5.69 Å². The highest BCUT2D eigenvalue weighted by Gasteiger charge is 2.16. The Labute approximate surface area is 100 Å². The molecule has 0 aliphatic rings. The Morgan fingerprint density at radius 2 is 2.29 bits per heavy atom. The number of likely N-dealkylation sites (N-methyl/N-ethyl adjacent to an activating group) is 1. The molecule has 0 radical (unpaired) electrons. The van der Waals surface area contributed by atoms with Crippen molar-refractivity contribution >= 4 is 11.8 Å². The van der Waals surface area contributed by atoms with Crippen LogP contribution in [0.4, 0.5) is 5.82 Å². The number of rotatable bonds is 6. The van der Waals surface area contributed by atoms with Gasteiger partial charge in [-0.15, -0.1) is 0 Å². The molecule has 1 unspecified atom stereocenters. The van der Waals surface area contributed by atoms with Crippen molar-refractivity contribution in [3.63, 3.8) is 0 Å². The molecule has 0 amide bonds. The van der Waals surface area contributed by atoms with Crippen LogP contribution in [0.15, 0.2) is 12.4 Å². The summed E-state index contributed by atoms with van der Waals surface area (Å²) in [5.74, 6) is -0.522. The average molecular weight is 239 g/mol. The first kappa shape index (κ1) is 13.4. The summed E-state index contributed by atoms with van der Waals surface area (Å²) in [4.78, 5) is 20.7. The number of methoxy groups -OCH3 is 1. The van der Waals surface area contributed by atoms with Crippen molar-refractivity contribution in [2.75, 3.05) is 25.2 Å². The minimum atomic E-state index is -1.07. The maximum absolute atomic E-state index is 10.8. The van der Waals surface area contributed by atoms with Crippen molar-refractivity contribution in [1.29, 1.82) is 0 Å². The molecule has 0 aliphatic heterocycles. The van der Waals surface area contributed by atoms with Crippen LogP contribution in [-0.2, 0) is 4.74 Å². The van der Waals surface area contributed by atoms with Crippen LogP contribution in [0.2, 0.25) is 0 Å². The van der Waals surface area contributed by atoms with Gasteiger partial charge in [-0.3, -0.25) is 4.98 Å². The van der Waals surface area contributed by atoms with E-state index in [1.54, 1.807) is 13.3 Å². The fourth-order valence-corrected chi connectivity index (χ4v) is 1.63. The van der Waals surface area contributed by atoms with E-state index >= 15 is 0 Å². The van der Waals surface area contributed by atoms with Gasteiger partial charge in [0.1, 0.15) is 5.82 Å². The third kappa shape index (κ3) is 3.39. The van der Waals surface area contributed by atoms with Crippen LogP contribution in [0.3, 0.4) is 0 Å². The zero-order valence-electron chi connectivity index (χ0n) is 10.3. The highest BCUT2D eigenvalue weighted by molar-refractivity contribution is 5.85. The molecule has 1 rings (SSSR count). The van der Waals surface area contributed by atoms with E-state index in [0.29, 0.717) is 19.0 Å². The van der Waals surface area contributed by atoms with Crippen molar-refractivity contribution in [2.24, 2.45) is 0 Å². The quantitative estimate of drug-likeness (QED) is 0.799. The minimum absolute atomic E-state index is 0.0504. The summed E-state index contributed by atoms with van der Waals surface area (Å²) >= 11 is 0. The molecule has 6 nitrogen and oxygen atoms in total. The van der Waals surface area contributed by atoms with Crippen LogP contribution < -0.4 is 4.90 Å². The fourth-order valence-electron chi connectivity index (χ4n) is 1.63. The minimum Gasteiger partial charge on any atom is -0.476 e. The second kappa shape index (κ2) is 6.15. The van der Waals surface area contributed by atoms with Gasteiger partial charge in [-0.1, -0.05) is 0 Å². The van der Waals surface area contributed by atoms with E-state index in [9.17, 15) is 4.79 Å². The van der Waals surface area contributed by atoms with Crippen LogP contribution in [-0.4, -0.2) is 47.3 Å². The summed E-state index contributed by atoms with van der Waals surface area (Å²) in [5, 5.41) is 8.86. The van der Waals surface area contributed by atoms with Gasteiger partial charge < -0.3 is 14.7 Å². The van der Waals surface area contributed by atoms with Crippen LogP contribution in [0.5, 0.6) is 0 Å². The van der Waals surface area contributed by atoms with Crippen molar-refractivity contribution in [1.82, 2.24) is 9.97 Å². The first-order valence-corrected chi connectivity index (χ1v) is 5.41. The first-order valence-electron chi connectivity index (χ1n) is 5.41. The summed E-state index contributed by atoms with van der Waals surface area (Å²) in [6.45, 7) is 5.22. The number of carboxylic acid groups (broad SMARTS) is 1. The van der Waals surface area contributed by atoms with Gasteiger partial charge >= 0.3 is 5.97 Å². The van der Waals surface area contributed by atoms with Gasteiger partial charge in [0.25, 0.3) is 0 Å². The lowest BCUT2D eigenvalue weighted by Crippen LogP contribution is -2.37. The maximum Gasteiger partial charge on any atom is 0.356 e. The van der Waals surface area contributed by atoms with Crippen molar-refractivity contribution < 1.29 is 14.6 Å².